The average molecular weight is 331 g/mol. The van der Waals surface area contributed by atoms with Gasteiger partial charge >= 0.3 is 0 Å². The lowest BCUT2D eigenvalue weighted by Crippen LogP contribution is -2.24. The molecule has 0 aliphatic rings. The number of sulfonamides is 1. The third-order valence-electron chi connectivity index (χ3n) is 3.01. The minimum atomic E-state index is -3.58. The zero-order valence-electron chi connectivity index (χ0n) is 11.5. The van der Waals surface area contributed by atoms with E-state index in [4.69, 9.17) is 0 Å². The second-order valence-electron chi connectivity index (χ2n) is 4.53. The molecule has 7 heteroatoms. The number of nitrogens with one attached hydrogen (secondary N) is 1. The van der Waals surface area contributed by atoms with E-state index in [1.54, 1.807) is 29.7 Å². The summed E-state index contributed by atoms with van der Waals surface area (Å²) in [6.45, 7) is 0.219. The molecule has 0 fully saturated rings. The average Bonchev–Trinajstić information content (AvgIpc) is 3.09. The van der Waals surface area contributed by atoms with Gasteiger partial charge in [0.05, 0.1) is 0 Å². The Kier molecular flexibility index (Phi) is 4.28. The topological polar surface area (TPSA) is 72.0 Å². The van der Waals surface area contributed by atoms with Crippen LogP contribution < -0.4 is 4.72 Å². The fraction of sp³-hybridized carbons (Fsp3) is 0.0667. The smallest absolute Gasteiger partial charge is 0.245 e. The van der Waals surface area contributed by atoms with Crippen molar-refractivity contribution in [1.82, 2.24) is 14.7 Å². The molecule has 1 aromatic carbocycles. The van der Waals surface area contributed by atoms with Crippen LogP contribution in [0.2, 0.25) is 0 Å². The van der Waals surface area contributed by atoms with Gasteiger partial charge in [-0.05, 0) is 17.7 Å². The molecular weight excluding hydrogens is 318 g/mol. The monoisotopic (exact) mass is 331 g/mol. The zero-order chi connectivity index (χ0) is 15.4. The quantitative estimate of drug-likeness (QED) is 0.780. The minimum Gasteiger partial charge on any atom is -0.245 e. The molecule has 0 saturated carbocycles. The third-order valence-corrected chi connectivity index (χ3v) is 5.15. The molecule has 2 heterocycles. The fourth-order valence-corrected chi connectivity index (χ4v) is 3.50. The van der Waals surface area contributed by atoms with Gasteiger partial charge in [0.25, 0.3) is 10.0 Å². The van der Waals surface area contributed by atoms with Crippen molar-refractivity contribution in [2.45, 2.75) is 11.6 Å². The summed E-state index contributed by atoms with van der Waals surface area (Å²) < 4.78 is 26.7. The van der Waals surface area contributed by atoms with Crippen LogP contribution in [-0.2, 0) is 16.6 Å². The number of nitrogens with zero attached hydrogens (tertiary/aromatic N) is 2. The van der Waals surface area contributed by atoms with Crippen molar-refractivity contribution in [1.29, 1.82) is 0 Å². The number of aromatic nitrogens is 2. The maximum absolute atomic E-state index is 12.1. The van der Waals surface area contributed by atoms with Crippen molar-refractivity contribution >= 4 is 21.4 Å². The van der Waals surface area contributed by atoms with Gasteiger partial charge in [0.15, 0.2) is 5.03 Å². The normalized spacial score (nSPS) is 11.5. The second kappa shape index (κ2) is 6.35. The van der Waals surface area contributed by atoms with E-state index >= 15 is 0 Å². The van der Waals surface area contributed by atoms with Gasteiger partial charge in [0.1, 0.15) is 5.01 Å². The first-order valence-electron chi connectivity index (χ1n) is 6.55. The van der Waals surface area contributed by atoms with Crippen LogP contribution in [0.3, 0.4) is 0 Å². The van der Waals surface area contributed by atoms with Crippen LogP contribution in [0.25, 0.3) is 10.6 Å². The lowest BCUT2D eigenvalue weighted by Gasteiger charge is -2.06. The summed E-state index contributed by atoms with van der Waals surface area (Å²) in [6, 6.07) is 12.4. The predicted octanol–water partition coefficient (Wildman–Crippen LogP) is 2.68. The standard InChI is InChI=1S/C15H13N3O2S2/c19-22(20,14-3-1-2-8-16-14)18-11-12-4-6-13(7-5-12)15-17-9-10-21-15/h1-10,18H,11H2. The van der Waals surface area contributed by atoms with E-state index in [1.807, 2.05) is 29.6 Å². The van der Waals surface area contributed by atoms with Gasteiger partial charge in [-0.25, -0.2) is 23.1 Å². The number of hydrogen-bond acceptors (Lipinski definition) is 5. The summed E-state index contributed by atoms with van der Waals surface area (Å²) >= 11 is 1.57. The molecule has 0 atom stereocenters. The van der Waals surface area contributed by atoms with Crippen molar-refractivity contribution in [3.63, 3.8) is 0 Å². The highest BCUT2D eigenvalue weighted by Gasteiger charge is 2.14. The molecule has 0 aliphatic heterocycles. The van der Waals surface area contributed by atoms with Gasteiger partial charge in [-0.2, -0.15) is 0 Å². The van der Waals surface area contributed by atoms with Crippen molar-refractivity contribution in [2.24, 2.45) is 0 Å². The lowest BCUT2D eigenvalue weighted by molar-refractivity contribution is 0.577. The predicted molar refractivity (Wildman–Crippen MR) is 85.8 cm³/mol. The number of thiazole rings is 1. The minimum absolute atomic E-state index is 0.0226. The van der Waals surface area contributed by atoms with Crippen LogP contribution in [0.1, 0.15) is 5.56 Å². The van der Waals surface area contributed by atoms with Crippen LogP contribution in [0.15, 0.2) is 65.3 Å². The Bertz CT molecular complexity index is 830. The Hall–Kier alpha value is -2.09. The van der Waals surface area contributed by atoms with Crippen LogP contribution >= 0.6 is 11.3 Å². The van der Waals surface area contributed by atoms with Crippen LogP contribution in [-0.4, -0.2) is 18.4 Å². The summed E-state index contributed by atoms with van der Waals surface area (Å²) in [6.07, 6.45) is 3.21. The summed E-state index contributed by atoms with van der Waals surface area (Å²) in [7, 11) is -3.58. The van der Waals surface area contributed by atoms with Crippen molar-refractivity contribution in [3.8, 4) is 10.6 Å². The molecule has 0 unspecified atom stereocenters. The molecule has 3 rings (SSSR count). The first-order chi connectivity index (χ1) is 10.6. The maximum Gasteiger partial charge on any atom is 0.258 e. The number of hydrogen-bond donors (Lipinski definition) is 1. The highest BCUT2D eigenvalue weighted by molar-refractivity contribution is 7.89. The first-order valence-corrected chi connectivity index (χ1v) is 8.91. The van der Waals surface area contributed by atoms with Crippen LogP contribution in [0.4, 0.5) is 0 Å². The van der Waals surface area contributed by atoms with Crippen LogP contribution in [0.5, 0.6) is 0 Å². The highest BCUT2D eigenvalue weighted by atomic mass is 32.2. The van der Waals surface area contributed by atoms with Gasteiger partial charge in [-0.1, -0.05) is 30.3 Å². The van der Waals surface area contributed by atoms with Crippen molar-refractivity contribution in [2.75, 3.05) is 0 Å². The van der Waals surface area contributed by atoms with E-state index < -0.39 is 10.0 Å². The number of benzene rings is 1. The molecule has 22 heavy (non-hydrogen) atoms. The fourth-order valence-electron chi connectivity index (χ4n) is 1.89. The molecule has 2 aromatic heterocycles. The Morgan fingerprint density at radius 1 is 1.00 bits per heavy atom. The van der Waals surface area contributed by atoms with Crippen molar-refractivity contribution < 1.29 is 8.42 Å². The summed E-state index contributed by atoms with van der Waals surface area (Å²) in [5, 5.41) is 2.89. The zero-order valence-corrected chi connectivity index (χ0v) is 13.1. The molecule has 0 amide bonds. The summed E-state index contributed by atoms with van der Waals surface area (Å²) in [5.74, 6) is 0. The number of pyridine rings is 1. The number of rotatable bonds is 5. The maximum atomic E-state index is 12.1. The van der Waals surface area contributed by atoms with E-state index in [0.717, 1.165) is 16.1 Å². The molecule has 3 aromatic rings. The molecule has 0 radical (unpaired) electrons. The van der Waals surface area contributed by atoms with Crippen LogP contribution in [0, 0.1) is 0 Å². The second-order valence-corrected chi connectivity index (χ2v) is 7.14. The van der Waals surface area contributed by atoms with E-state index in [9.17, 15) is 8.42 Å². The highest BCUT2D eigenvalue weighted by Crippen LogP contribution is 2.21. The molecular formula is C15H13N3O2S2. The van der Waals surface area contributed by atoms with E-state index in [1.165, 1.54) is 12.3 Å². The summed E-state index contributed by atoms with van der Waals surface area (Å²) in [4.78, 5) is 8.09. The van der Waals surface area contributed by atoms with E-state index in [-0.39, 0.29) is 11.6 Å². The molecule has 0 bridgehead atoms. The van der Waals surface area contributed by atoms with Gasteiger partial charge in [-0.3, -0.25) is 0 Å². The lowest BCUT2D eigenvalue weighted by atomic mass is 10.1. The van der Waals surface area contributed by atoms with Gasteiger partial charge < -0.3 is 0 Å². The SMILES string of the molecule is O=S(=O)(NCc1ccc(-c2nccs2)cc1)c1ccccn1. The van der Waals surface area contributed by atoms with Crippen molar-refractivity contribution in [3.05, 3.63) is 65.8 Å². The summed E-state index contributed by atoms with van der Waals surface area (Å²) in [5.41, 5.74) is 1.89. The third kappa shape index (κ3) is 3.38. The molecule has 112 valence electrons. The Labute approximate surface area is 132 Å². The first kappa shape index (κ1) is 14.8. The van der Waals surface area contributed by atoms with E-state index in [0.29, 0.717) is 0 Å². The molecule has 0 spiro atoms. The molecule has 5 nitrogen and oxygen atoms in total. The largest absolute Gasteiger partial charge is 0.258 e. The Morgan fingerprint density at radius 2 is 1.82 bits per heavy atom. The van der Waals surface area contributed by atoms with Gasteiger partial charge in [-0.15, -0.1) is 11.3 Å². The molecule has 1 N–H and O–H groups in total. The van der Waals surface area contributed by atoms with E-state index in [2.05, 4.69) is 14.7 Å². The molecule has 0 saturated heterocycles. The molecule has 0 aliphatic carbocycles. The van der Waals surface area contributed by atoms with Gasteiger partial charge in [0, 0.05) is 29.9 Å². The Balaban J connectivity index is 1.69. The Morgan fingerprint density at radius 3 is 2.45 bits per heavy atom. The van der Waals surface area contributed by atoms with Gasteiger partial charge in [0.2, 0.25) is 0 Å².